The smallest absolute Gasteiger partial charge is 0.198 e. The first kappa shape index (κ1) is 18.5. The number of aromatic nitrogens is 6. The highest BCUT2D eigenvalue weighted by molar-refractivity contribution is 5.68. The SMILES string of the molecule is O[C@H]1CCCC(Cn2cc(Nc3nc(C4CCCCC4)cn4ncnc34)cn2)C1. The Kier molecular flexibility index (Phi) is 5.18. The predicted molar refractivity (Wildman–Crippen MR) is 110 cm³/mol. The predicted octanol–water partition coefficient (Wildman–Crippen LogP) is 3.66. The molecule has 1 unspecified atom stereocenters. The minimum Gasteiger partial charge on any atom is -0.393 e. The second kappa shape index (κ2) is 8.10. The lowest BCUT2D eigenvalue weighted by molar-refractivity contribution is 0.0941. The van der Waals surface area contributed by atoms with Crippen LogP contribution in [0.2, 0.25) is 0 Å². The van der Waals surface area contributed by atoms with Crippen LogP contribution in [0.4, 0.5) is 11.5 Å². The molecule has 8 nitrogen and oxygen atoms in total. The van der Waals surface area contributed by atoms with Crippen LogP contribution in [0.3, 0.4) is 0 Å². The Bertz CT molecular complexity index is 959. The normalized spacial score (nSPS) is 23.5. The van der Waals surface area contributed by atoms with Crippen molar-refractivity contribution in [1.82, 2.24) is 29.4 Å². The van der Waals surface area contributed by atoms with Crippen molar-refractivity contribution in [2.45, 2.75) is 76.4 Å². The van der Waals surface area contributed by atoms with Crippen molar-refractivity contribution in [2.75, 3.05) is 5.32 Å². The molecular formula is C21H29N7O. The van der Waals surface area contributed by atoms with Crippen molar-refractivity contribution in [2.24, 2.45) is 5.92 Å². The van der Waals surface area contributed by atoms with Gasteiger partial charge >= 0.3 is 0 Å². The second-order valence-corrected chi connectivity index (χ2v) is 8.64. The average molecular weight is 396 g/mol. The number of rotatable bonds is 5. The fraction of sp³-hybridized carbons (Fsp3) is 0.619. The molecule has 3 aromatic rings. The first-order valence-corrected chi connectivity index (χ1v) is 10.9. The largest absolute Gasteiger partial charge is 0.393 e. The average Bonchev–Trinajstić information content (AvgIpc) is 3.38. The van der Waals surface area contributed by atoms with E-state index in [1.54, 1.807) is 6.33 Å². The first-order valence-electron chi connectivity index (χ1n) is 10.9. The molecule has 2 N–H and O–H groups in total. The van der Waals surface area contributed by atoms with E-state index in [1.807, 2.05) is 27.8 Å². The van der Waals surface area contributed by atoms with E-state index in [2.05, 4.69) is 20.5 Å². The Morgan fingerprint density at radius 1 is 1.03 bits per heavy atom. The molecule has 0 spiro atoms. The molecule has 0 saturated heterocycles. The summed E-state index contributed by atoms with van der Waals surface area (Å²) in [5, 5.41) is 22.2. The highest BCUT2D eigenvalue weighted by atomic mass is 16.3. The second-order valence-electron chi connectivity index (χ2n) is 8.64. The maximum absolute atomic E-state index is 9.91. The zero-order valence-electron chi connectivity index (χ0n) is 16.7. The van der Waals surface area contributed by atoms with Crippen molar-refractivity contribution in [3.05, 3.63) is 30.6 Å². The zero-order chi connectivity index (χ0) is 19.6. The van der Waals surface area contributed by atoms with Gasteiger partial charge in [-0.25, -0.2) is 14.5 Å². The molecule has 3 heterocycles. The van der Waals surface area contributed by atoms with E-state index >= 15 is 0 Å². The van der Waals surface area contributed by atoms with Crippen molar-refractivity contribution >= 4 is 17.2 Å². The summed E-state index contributed by atoms with van der Waals surface area (Å²) in [6.07, 6.45) is 17.6. The summed E-state index contributed by atoms with van der Waals surface area (Å²) in [4.78, 5) is 9.30. The molecule has 2 aliphatic rings. The molecule has 8 heteroatoms. The zero-order valence-corrected chi connectivity index (χ0v) is 16.7. The van der Waals surface area contributed by atoms with Gasteiger partial charge < -0.3 is 10.4 Å². The van der Waals surface area contributed by atoms with Gasteiger partial charge in [-0.1, -0.05) is 25.7 Å². The molecule has 2 saturated carbocycles. The van der Waals surface area contributed by atoms with Gasteiger partial charge in [0.05, 0.1) is 29.9 Å². The summed E-state index contributed by atoms with van der Waals surface area (Å²) in [6.45, 7) is 0.842. The molecule has 0 aliphatic heterocycles. The number of aliphatic hydroxyl groups is 1. The fourth-order valence-corrected chi connectivity index (χ4v) is 4.88. The Labute approximate surface area is 170 Å². The molecule has 0 radical (unpaired) electrons. The number of nitrogens with one attached hydrogen (secondary N) is 1. The van der Waals surface area contributed by atoms with Crippen LogP contribution in [0.25, 0.3) is 5.65 Å². The van der Waals surface area contributed by atoms with Gasteiger partial charge in [-0.2, -0.15) is 10.2 Å². The van der Waals surface area contributed by atoms with E-state index in [-0.39, 0.29) is 6.10 Å². The molecule has 2 fully saturated rings. The highest BCUT2D eigenvalue weighted by Crippen LogP contribution is 2.33. The lowest BCUT2D eigenvalue weighted by atomic mass is 9.87. The topological polar surface area (TPSA) is 93.2 Å². The number of hydrogen-bond donors (Lipinski definition) is 2. The third-order valence-corrected chi connectivity index (χ3v) is 6.40. The van der Waals surface area contributed by atoms with E-state index in [4.69, 9.17) is 4.98 Å². The standard InChI is InChI=1S/C21H29N7O/c29-18-8-4-5-15(9-18)11-27-12-17(10-23-27)25-20-21-22-14-24-28(21)13-19(26-20)16-6-2-1-3-7-16/h10,12-16,18,29H,1-9,11H2,(H,25,26)/t15?,18-/m0/s1. The molecule has 0 bridgehead atoms. The van der Waals surface area contributed by atoms with Crippen LogP contribution in [-0.4, -0.2) is 40.6 Å². The Morgan fingerprint density at radius 3 is 2.79 bits per heavy atom. The van der Waals surface area contributed by atoms with Crippen molar-refractivity contribution in [3.63, 3.8) is 0 Å². The van der Waals surface area contributed by atoms with E-state index in [0.29, 0.717) is 11.8 Å². The molecule has 5 rings (SSSR count). The van der Waals surface area contributed by atoms with E-state index in [1.165, 1.54) is 32.1 Å². The van der Waals surface area contributed by atoms with Gasteiger partial charge in [0.2, 0.25) is 0 Å². The van der Waals surface area contributed by atoms with Crippen LogP contribution in [0.15, 0.2) is 24.9 Å². The molecular weight excluding hydrogens is 366 g/mol. The minimum atomic E-state index is -0.158. The fourth-order valence-electron chi connectivity index (χ4n) is 4.88. The maximum atomic E-state index is 9.91. The summed E-state index contributed by atoms with van der Waals surface area (Å²) >= 11 is 0. The third kappa shape index (κ3) is 4.12. The summed E-state index contributed by atoms with van der Waals surface area (Å²) < 4.78 is 3.80. The number of fused-ring (bicyclic) bond motifs is 1. The summed E-state index contributed by atoms with van der Waals surface area (Å²) in [7, 11) is 0. The lowest BCUT2D eigenvalue weighted by Crippen LogP contribution is -2.23. The quantitative estimate of drug-likeness (QED) is 0.685. The third-order valence-electron chi connectivity index (χ3n) is 6.40. The molecule has 154 valence electrons. The van der Waals surface area contributed by atoms with Gasteiger partial charge in [0.1, 0.15) is 6.33 Å². The van der Waals surface area contributed by atoms with E-state index in [0.717, 1.165) is 55.1 Å². The monoisotopic (exact) mass is 395 g/mol. The van der Waals surface area contributed by atoms with Gasteiger partial charge in [-0.15, -0.1) is 0 Å². The highest BCUT2D eigenvalue weighted by Gasteiger charge is 2.22. The van der Waals surface area contributed by atoms with E-state index < -0.39 is 0 Å². The van der Waals surface area contributed by atoms with Crippen LogP contribution >= 0.6 is 0 Å². The van der Waals surface area contributed by atoms with Crippen LogP contribution in [-0.2, 0) is 6.54 Å². The van der Waals surface area contributed by atoms with Gasteiger partial charge in [-0.05, 0) is 38.0 Å². The molecule has 0 amide bonds. The maximum Gasteiger partial charge on any atom is 0.198 e. The van der Waals surface area contributed by atoms with Crippen LogP contribution in [0, 0.1) is 5.92 Å². The molecule has 0 aromatic carbocycles. The van der Waals surface area contributed by atoms with Crippen molar-refractivity contribution < 1.29 is 5.11 Å². The van der Waals surface area contributed by atoms with Gasteiger partial charge in [0.25, 0.3) is 0 Å². The summed E-state index contributed by atoms with van der Waals surface area (Å²) in [5.74, 6) is 1.72. The summed E-state index contributed by atoms with van der Waals surface area (Å²) in [5.41, 5.74) is 2.72. The number of hydrogen-bond acceptors (Lipinski definition) is 6. The molecule has 2 aliphatic carbocycles. The number of aliphatic hydroxyl groups excluding tert-OH is 1. The van der Waals surface area contributed by atoms with Crippen molar-refractivity contribution in [3.8, 4) is 0 Å². The molecule has 2 atom stereocenters. The summed E-state index contributed by atoms with van der Waals surface area (Å²) in [6, 6.07) is 0. The van der Waals surface area contributed by atoms with Crippen LogP contribution < -0.4 is 5.32 Å². The minimum absolute atomic E-state index is 0.158. The Hall–Kier alpha value is -2.48. The van der Waals surface area contributed by atoms with Crippen LogP contribution in [0.1, 0.15) is 69.4 Å². The Morgan fingerprint density at radius 2 is 1.93 bits per heavy atom. The Balaban J connectivity index is 1.34. The van der Waals surface area contributed by atoms with Gasteiger partial charge in [-0.3, -0.25) is 4.68 Å². The molecule has 29 heavy (non-hydrogen) atoms. The lowest BCUT2D eigenvalue weighted by Gasteiger charge is -2.25. The number of anilines is 2. The van der Waals surface area contributed by atoms with Crippen molar-refractivity contribution in [1.29, 1.82) is 0 Å². The first-order chi connectivity index (χ1) is 14.2. The molecule has 3 aromatic heterocycles. The van der Waals surface area contributed by atoms with Gasteiger partial charge in [0.15, 0.2) is 11.5 Å². The number of nitrogens with zero attached hydrogens (tertiary/aromatic N) is 6. The van der Waals surface area contributed by atoms with E-state index in [9.17, 15) is 5.11 Å². The van der Waals surface area contributed by atoms with Crippen LogP contribution in [0.5, 0.6) is 0 Å². The van der Waals surface area contributed by atoms with Gasteiger partial charge in [0, 0.05) is 18.7 Å².